The van der Waals surface area contributed by atoms with E-state index in [1.165, 1.54) is 0 Å². The van der Waals surface area contributed by atoms with E-state index in [4.69, 9.17) is 23.2 Å². The van der Waals surface area contributed by atoms with E-state index in [1.807, 2.05) is 19.1 Å². The lowest BCUT2D eigenvalue weighted by molar-refractivity contribution is 0.0773. The second-order valence-electron chi connectivity index (χ2n) is 6.33. The van der Waals surface area contributed by atoms with Gasteiger partial charge >= 0.3 is 0 Å². The summed E-state index contributed by atoms with van der Waals surface area (Å²) in [6.07, 6.45) is 0.861. The fourth-order valence-electron chi connectivity index (χ4n) is 2.57. The predicted octanol–water partition coefficient (Wildman–Crippen LogP) is 4.68. The van der Waals surface area contributed by atoms with Gasteiger partial charge in [-0.1, -0.05) is 43.1 Å². The van der Waals surface area contributed by atoms with Crippen LogP contribution >= 0.6 is 23.2 Å². The van der Waals surface area contributed by atoms with Crippen LogP contribution in [0, 0.1) is 5.92 Å². The van der Waals surface area contributed by atoms with Crippen molar-refractivity contribution in [2.24, 2.45) is 5.92 Å². The third-order valence-corrected chi connectivity index (χ3v) is 4.32. The third kappa shape index (κ3) is 4.52. The van der Waals surface area contributed by atoms with Crippen molar-refractivity contribution in [3.8, 4) is 0 Å². The predicted molar refractivity (Wildman–Crippen MR) is 98.7 cm³/mol. The Morgan fingerprint density at radius 1 is 1.29 bits per heavy atom. The number of carbonyl (C=O) groups excluding carboxylic acids is 1. The molecule has 1 aromatic heterocycles. The second-order valence-corrected chi connectivity index (χ2v) is 7.18. The van der Waals surface area contributed by atoms with Crippen LogP contribution in [0.15, 0.2) is 24.3 Å². The Morgan fingerprint density at radius 2 is 2.00 bits per heavy atom. The van der Waals surface area contributed by atoms with Crippen molar-refractivity contribution in [3.05, 3.63) is 51.3 Å². The van der Waals surface area contributed by atoms with Crippen LogP contribution in [0.4, 0.5) is 0 Å². The first-order chi connectivity index (χ1) is 11.3. The topological polar surface area (TPSA) is 38.1 Å². The minimum Gasteiger partial charge on any atom is -0.336 e. The maximum Gasteiger partial charge on any atom is 0.272 e. The second kappa shape index (κ2) is 8.04. The van der Waals surface area contributed by atoms with Gasteiger partial charge in [-0.25, -0.2) is 0 Å². The molecule has 0 spiro atoms. The molecule has 0 aliphatic rings. The van der Waals surface area contributed by atoms with Gasteiger partial charge in [-0.05, 0) is 43.0 Å². The highest BCUT2D eigenvalue weighted by Gasteiger charge is 2.19. The van der Waals surface area contributed by atoms with Gasteiger partial charge in [-0.15, -0.1) is 0 Å². The summed E-state index contributed by atoms with van der Waals surface area (Å²) in [7, 11) is 1.77. The first-order valence-corrected chi connectivity index (χ1v) is 8.83. The molecular formula is C18H23Cl2N3O. The SMILES string of the molecule is CCn1nc(CC(C)C)cc1C(=O)N(C)Cc1ccc(Cl)cc1Cl. The number of nitrogens with zero attached hydrogens (tertiary/aromatic N) is 3. The average molecular weight is 368 g/mol. The molecule has 1 aromatic carbocycles. The fraction of sp³-hybridized carbons (Fsp3) is 0.444. The maximum absolute atomic E-state index is 12.8. The highest BCUT2D eigenvalue weighted by Crippen LogP contribution is 2.22. The van der Waals surface area contributed by atoms with Crippen molar-refractivity contribution in [1.29, 1.82) is 0 Å². The summed E-state index contributed by atoms with van der Waals surface area (Å²) in [4.78, 5) is 14.5. The van der Waals surface area contributed by atoms with E-state index >= 15 is 0 Å². The van der Waals surface area contributed by atoms with E-state index in [-0.39, 0.29) is 5.91 Å². The highest BCUT2D eigenvalue weighted by atomic mass is 35.5. The largest absolute Gasteiger partial charge is 0.336 e. The molecule has 2 aromatic rings. The average Bonchev–Trinajstić information content (AvgIpc) is 2.91. The molecule has 130 valence electrons. The Bertz CT molecular complexity index is 725. The van der Waals surface area contributed by atoms with Crippen LogP contribution in [0.2, 0.25) is 10.0 Å². The van der Waals surface area contributed by atoms with Crippen molar-refractivity contribution in [2.45, 2.75) is 40.3 Å². The zero-order valence-electron chi connectivity index (χ0n) is 14.5. The lowest BCUT2D eigenvalue weighted by Gasteiger charge is -2.18. The first-order valence-electron chi connectivity index (χ1n) is 8.08. The number of hydrogen-bond donors (Lipinski definition) is 0. The van der Waals surface area contributed by atoms with Crippen LogP contribution < -0.4 is 0 Å². The summed E-state index contributed by atoms with van der Waals surface area (Å²) in [6, 6.07) is 7.20. The first kappa shape index (κ1) is 18.8. The zero-order chi connectivity index (χ0) is 17.9. The Labute approximate surface area is 153 Å². The summed E-state index contributed by atoms with van der Waals surface area (Å²) in [5, 5.41) is 5.68. The molecule has 0 fully saturated rings. The number of amides is 1. The molecule has 1 amide bonds. The Hall–Kier alpha value is -1.52. The molecule has 6 heteroatoms. The van der Waals surface area contributed by atoms with Crippen molar-refractivity contribution >= 4 is 29.1 Å². The molecule has 0 atom stereocenters. The fourth-order valence-corrected chi connectivity index (χ4v) is 3.04. The van der Waals surface area contributed by atoms with E-state index in [9.17, 15) is 4.79 Å². The van der Waals surface area contributed by atoms with E-state index in [2.05, 4.69) is 18.9 Å². The molecule has 0 radical (unpaired) electrons. The molecule has 0 N–H and O–H groups in total. The highest BCUT2D eigenvalue weighted by molar-refractivity contribution is 6.35. The van der Waals surface area contributed by atoms with E-state index in [1.54, 1.807) is 28.8 Å². The van der Waals surface area contributed by atoms with Crippen LogP contribution in [-0.2, 0) is 19.5 Å². The van der Waals surface area contributed by atoms with Crippen molar-refractivity contribution in [3.63, 3.8) is 0 Å². The van der Waals surface area contributed by atoms with Gasteiger partial charge in [-0.3, -0.25) is 9.48 Å². The van der Waals surface area contributed by atoms with Gasteiger partial charge in [0.25, 0.3) is 5.91 Å². The lowest BCUT2D eigenvalue weighted by Crippen LogP contribution is -2.28. The lowest BCUT2D eigenvalue weighted by atomic mass is 10.1. The number of aromatic nitrogens is 2. The number of halogens is 2. The molecular weight excluding hydrogens is 345 g/mol. The molecule has 2 rings (SSSR count). The standard InChI is InChI=1S/C18H23Cl2N3O/c1-5-23-17(10-15(21-23)8-12(2)3)18(24)22(4)11-13-6-7-14(19)9-16(13)20/h6-7,9-10,12H,5,8,11H2,1-4H3. The molecule has 1 heterocycles. The van der Waals surface area contributed by atoms with Crippen LogP contribution in [0.5, 0.6) is 0 Å². The van der Waals surface area contributed by atoms with Crippen LogP contribution in [-0.4, -0.2) is 27.6 Å². The van der Waals surface area contributed by atoms with Crippen LogP contribution in [0.3, 0.4) is 0 Å². The number of benzene rings is 1. The van der Waals surface area contributed by atoms with Crippen molar-refractivity contribution in [1.82, 2.24) is 14.7 Å². The monoisotopic (exact) mass is 367 g/mol. The van der Waals surface area contributed by atoms with E-state index < -0.39 is 0 Å². The number of rotatable bonds is 6. The summed E-state index contributed by atoms with van der Waals surface area (Å²) < 4.78 is 1.76. The van der Waals surface area contributed by atoms with E-state index in [0.29, 0.717) is 34.7 Å². The van der Waals surface area contributed by atoms with Crippen LogP contribution in [0.1, 0.15) is 42.5 Å². The maximum atomic E-state index is 12.8. The van der Waals surface area contributed by atoms with Gasteiger partial charge in [0.05, 0.1) is 5.69 Å². The molecule has 0 bridgehead atoms. The molecule has 0 saturated carbocycles. The van der Waals surface area contributed by atoms with Gasteiger partial charge in [0, 0.05) is 30.2 Å². The molecule has 4 nitrogen and oxygen atoms in total. The summed E-state index contributed by atoms with van der Waals surface area (Å²) in [5.74, 6) is 0.434. The van der Waals surface area contributed by atoms with E-state index in [0.717, 1.165) is 17.7 Å². The molecule has 0 aliphatic carbocycles. The minimum absolute atomic E-state index is 0.0645. The van der Waals surface area contributed by atoms with Crippen molar-refractivity contribution < 1.29 is 4.79 Å². The van der Waals surface area contributed by atoms with Gasteiger partial charge in [-0.2, -0.15) is 5.10 Å². The summed E-state index contributed by atoms with van der Waals surface area (Å²) in [6.45, 7) is 7.35. The Kier molecular flexibility index (Phi) is 6.30. The number of hydrogen-bond acceptors (Lipinski definition) is 2. The molecule has 0 unspecified atom stereocenters. The van der Waals surface area contributed by atoms with Crippen molar-refractivity contribution in [2.75, 3.05) is 7.05 Å². The summed E-state index contributed by atoms with van der Waals surface area (Å²) >= 11 is 12.1. The van der Waals surface area contributed by atoms with Gasteiger partial charge in [0.1, 0.15) is 5.69 Å². The zero-order valence-corrected chi connectivity index (χ0v) is 16.0. The number of carbonyl (C=O) groups is 1. The Morgan fingerprint density at radius 3 is 2.58 bits per heavy atom. The molecule has 0 saturated heterocycles. The quantitative estimate of drug-likeness (QED) is 0.743. The number of aryl methyl sites for hydroxylation is 1. The smallest absolute Gasteiger partial charge is 0.272 e. The summed E-state index contributed by atoms with van der Waals surface area (Å²) in [5.41, 5.74) is 2.43. The van der Waals surface area contributed by atoms with Gasteiger partial charge in [0.2, 0.25) is 0 Å². The molecule has 24 heavy (non-hydrogen) atoms. The molecule has 0 aliphatic heterocycles. The van der Waals surface area contributed by atoms with Gasteiger partial charge in [0.15, 0.2) is 0 Å². The van der Waals surface area contributed by atoms with Crippen LogP contribution in [0.25, 0.3) is 0 Å². The Balaban J connectivity index is 2.19. The normalized spacial score (nSPS) is 11.1. The van der Waals surface area contributed by atoms with Gasteiger partial charge < -0.3 is 4.90 Å². The third-order valence-electron chi connectivity index (χ3n) is 3.74. The minimum atomic E-state index is -0.0645.